The van der Waals surface area contributed by atoms with Gasteiger partial charge in [-0.1, -0.05) is 0 Å². The van der Waals surface area contributed by atoms with Gasteiger partial charge in [-0.05, 0) is 20.8 Å². The van der Waals surface area contributed by atoms with Gasteiger partial charge in [0.2, 0.25) is 0 Å². The normalized spacial score (nSPS) is 13.4. The van der Waals surface area contributed by atoms with Crippen LogP contribution in [0.3, 0.4) is 0 Å². The Hall–Kier alpha value is -0.160. The number of nitrogens with one attached hydrogen (secondary N) is 2. The van der Waals surface area contributed by atoms with Crippen molar-refractivity contribution >= 4 is 0 Å². The molecule has 4 heteroatoms. The van der Waals surface area contributed by atoms with Gasteiger partial charge in [0.1, 0.15) is 0 Å². The Morgan fingerprint density at radius 1 is 1.18 bits per heavy atom. The van der Waals surface area contributed by atoms with E-state index in [9.17, 15) is 0 Å². The summed E-state index contributed by atoms with van der Waals surface area (Å²) in [5.74, 6) is 0. The Labute approximate surface area is 68.2 Å². The van der Waals surface area contributed by atoms with Gasteiger partial charge >= 0.3 is 0 Å². The summed E-state index contributed by atoms with van der Waals surface area (Å²) < 4.78 is 0. The molecule has 0 rings (SSSR count). The van der Waals surface area contributed by atoms with E-state index in [0.29, 0.717) is 13.2 Å². The van der Waals surface area contributed by atoms with Crippen LogP contribution in [0, 0.1) is 0 Å². The van der Waals surface area contributed by atoms with E-state index in [1.807, 2.05) is 20.8 Å². The summed E-state index contributed by atoms with van der Waals surface area (Å²) in [5, 5.41) is 0. The molecule has 0 aliphatic rings. The summed E-state index contributed by atoms with van der Waals surface area (Å²) in [6, 6.07) is 0.265. The Morgan fingerprint density at radius 2 is 1.82 bits per heavy atom. The van der Waals surface area contributed by atoms with Crippen LogP contribution < -0.4 is 11.0 Å². The van der Waals surface area contributed by atoms with Crippen LogP contribution >= 0.6 is 0 Å². The third-order valence-corrected chi connectivity index (χ3v) is 1.06. The number of hydroxylamine groups is 2. The molecule has 0 bridgehead atoms. The minimum absolute atomic E-state index is 0.265. The van der Waals surface area contributed by atoms with Gasteiger partial charge in [-0.25, -0.2) is 5.48 Å². The first kappa shape index (κ1) is 10.8. The second kappa shape index (κ2) is 7.94. The van der Waals surface area contributed by atoms with E-state index >= 15 is 0 Å². The van der Waals surface area contributed by atoms with E-state index in [0.717, 1.165) is 6.54 Å². The van der Waals surface area contributed by atoms with Crippen LogP contribution in [0.4, 0.5) is 0 Å². The number of hydrogen-bond donors (Lipinski definition) is 2. The van der Waals surface area contributed by atoms with Crippen LogP contribution in [-0.2, 0) is 9.68 Å². The van der Waals surface area contributed by atoms with Crippen molar-refractivity contribution < 1.29 is 9.68 Å². The van der Waals surface area contributed by atoms with Crippen molar-refractivity contribution in [1.82, 2.24) is 11.0 Å². The van der Waals surface area contributed by atoms with E-state index in [1.54, 1.807) is 0 Å². The lowest BCUT2D eigenvalue weighted by Crippen LogP contribution is -2.36. The van der Waals surface area contributed by atoms with Crippen molar-refractivity contribution in [2.24, 2.45) is 0 Å². The fraction of sp³-hybridized carbons (Fsp3) is 1.00. The molecular weight excluding hydrogens is 144 g/mol. The van der Waals surface area contributed by atoms with Gasteiger partial charge in [0.15, 0.2) is 0 Å². The lowest BCUT2D eigenvalue weighted by Gasteiger charge is -2.12. The molecule has 0 heterocycles. The zero-order valence-corrected chi connectivity index (χ0v) is 7.52. The van der Waals surface area contributed by atoms with Gasteiger partial charge < -0.3 is 9.68 Å². The molecule has 0 aliphatic carbocycles. The quantitative estimate of drug-likeness (QED) is 0.421. The lowest BCUT2D eigenvalue weighted by atomic mass is 10.4. The highest BCUT2D eigenvalue weighted by atomic mass is 16.7. The molecule has 4 nitrogen and oxygen atoms in total. The van der Waals surface area contributed by atoms with Crippen molar-refractivity contribution in [1.29, 1.82) is 0 Å². The van der Waals surface area contributed by atoms with Crippen LogP contribution in [0.1, 0.15) is 20.8 Å². The molecule has 0 saturated carbocycles. The summed E-state index contributed by atoms with van der Waals surface area (Å²) in [6.07, 6.45) is 0. The molecule has 68 valence electrons. The Balaban J connectivity index is 3.02. The maximum absolute atomic E-state index is 4.98. The van der Waals surface area contributed by atoms with Gasteiger partial charge in [-0.15, -0.1) is 0 Å². The van der Waals surface area contributed by atoms with Crippen LogP contribution in [0.2, 0.25) is 0 Å². The van der Waals surface area contributed by atoms with Gasteiger partial charge in [0.05, 0.1) is 13.2 Å². The van der Waals surface area contributed by atoms with Crippen molar-refractivity contribution in [3.63, 3.8) is 0 Å². The maximum Gasteiger partial charge on any atom is 0.0654 e. The van der Waals surface area contributed by atoms with E-state index in [2.05, 4.69) is 11.0 Å². The zero-order valence-electron chi connectivity index (χ0n) is 7.52. The number of rotatable bonds is 7. The minimum atomic E-state index is 0.265. The van der Waals surface area contributed by atoms with Crippen molar-refractivity contribution in [3.8, 4) is 0 Å². The van der Waals surface area contributed by atoms with E-state index in [4.69, 9.17) is 9.68 Å². The summed E-state index contributed by atoms with van der Waals surface area (Å²) in [6.45, 7) is 8.00. The van der Waals surface area contributed by atoms with Gasteiger partial charge in [-0.3, -0.25) is 0 Å². The highest BCUT2D eigenvalue weighted by Crippen LogP contribution is 1.78. The van der Waals surface area contributed by atoms with Crippen LogP contribution in [0.15, 0.2) is 0 Å². The predicted octanol–water partition coefficient (Wildman–Crippen LogP) is 0.457. The fourth-order valence-corrected chi connectivity index (χ4v) is 0.553. The first-order chi connectivity index (χ1) is 5.31. The Morgan fingerprint density at radius 3 is 2.36 bits per heavy atom. The van der Waals surface area contributed by atoms with Gasteiger partial charge in [0.25, 0.3) is 0 Å². The first-order valence-corrected chi connectivity index (χ1v) is 4.03. The van der Waals surface area contributed by atoms with Gasteiger partial charge in [0, 0.05) is 12.6 Å². The predicted molar refractivity (Wildman–Crippen MR) is 43.9 cm³/mol. The van der Waals surface area contributed by atoms with Gasteiger partial charge in [-0.2, -0.15) is 5.48 Å². The molecular formula is C7H18N2O2. The van der Waals surface area contributed by atoms with Crippen molar-refractivity contribution in [2.75, 3.05) is 19.8 Å². The van der Waals surface area contributed by atoms with E-state index in [1.165, 1.54) is 0 Å². The van der Waals surface area contributed by atoms with Crippen molar-refractivity contribution in [2.45, 2.75) is 26.8 Å². The molecule has 11 heavy (non-hydrogen) atoms. The average molecular weight is 162 g/mol. The molecule has 0 aliphatic heterocycles. The third kappa shape index (κ3) is 7.74. The monoisotopic (exact) mass is 162 g/mol. The molecule has 0 fully saturated rings. The molecule has 0 radical (unpaired) electrons. The Kier molecular flexibility index (Phi) is 7.83. The molecule has 2 N–H and O–H groups in total. The third-order valence-electron chi connectivity index (χ3n) is 1.06. The molecule has 1 unspecified atom stereocenters. The zero-order chi connectivity index (χ0) is 8.53. The molecule has 1 atom stereocenters. The van der Waals surface area contributed by atoms with E-state index in [-0.39, 0.29) is 6.04 Å². The SMILES string of the molecule is CCONCC(C)NOCC. The summed E-state index contributed by atoms with van der Waals surface area (Å²) in [7, 11) is 0. The smallest absolute Gasteiger partial charge is 0.0654 e. The molecule has 0 aromatic heterocycles. The topological polar surface area (TPSA) is 42.5 Å². The second-order valence-corrected chi connectivity index (χ2v) is 2.23. The summed E-state index contributed by atoms with van der Waals surface area (Å²) >= 11 is 0. The first-order valence-electron chi connectivity index (χ1n) is 4.03. The van der Waals surface area contributed by atoms with E-state index < -0.39 is 0 Å². The molecule has 0 aromatic carbocycles. The molecule has 0 saturated heterocycles. The molecule has 0 amide bonds. The lowest BCUT2D eigenvalue weighted by molar-refractivity contribution is 0.000779. The largest absolute Gasteiger partial charge is 0.302 e. The standard InChI is InChI=1S/C7H18N2O2/c1-4-10-8-6-7(3)9-11-5-2/h7-9H,4-6H2,1-3H3. The second-order valence-electron chi connectivity index (χ2n) is 2.23. The Bertz CT molecular complexity index is 80.8. The highest BCUT2D eigenvalue weighted by Gasteiger charge is 1.98. The van der Waals surface area contributed by atoms with Crippen LogP contribution in [0.5, 0.6) is 0 Å². The summed E-state index contributed by atoms with van der Waals surface area (Å²) in [4.78, 5) is 9.92. The van der Waals surface area contributed by atoms with Crippen LogP contribution in [0.25, 0.3) is 0 Å². The maximum atomic E-state index is 4.98. The molecule has 0 aromatic rings. The average Bonchev–Trinajstić information content (AvgIpc) is 2.01. The summed E-state index contributed by atoms with van der Waals surface area (Å²) in [5.41, 5.74) is 5.65. The van der Waals surface area contributed by atoms with Crippen LogP contribution in [-0.4, -0.2) is 25.8 Å². The fourth-order valence-electron chi connectivity index (χ4n) is 0.553. The highest BCUT2D eigenvalue weighted by molar-refractivity contribution is 4.53. The number of hydrogen-bond acceptors (Lipinski definition) is 4. The minimum Gasteiger partial charge on any atom is -0.302 e. The van der Waals surface area contributed by atoms with Crippen molar-refractivity contribution in [3.05, 3.63) is 0 Å². The molecule has 0 spiro atoms.